The fraction of sp³-hybridized carbons (Fsp3) is 0.300. The Balaban J connectivity index is 2.06. The highest BCUT2D eigenvalue weighted by atomic mass is 16.5. The first-order chi connectivity index (χ1) is 11.9. The molecular weight excluding hydrogens is 316 g/mol. The first-order valence-corrected chi connectivity index (χ1v) is 8.23. The summed E-state index contributed by atoms with van der Waals surface area (Å²) in [5, 5.41) is 5.58. The number of hydrogen-bond donors (Lipinski definition) is 2. The molecule has 0 aliphatic rings. The molecule has 0 aliphatic heterocycles. The average molecular weight is 340 g/mol. The van der Waals surface area contributed by atoms with Crippen molar-refractivity contribution in [3.05, 3.63) is 59.2 Å². The van der Waals surface area contributed by atoms with Crippen LogP contribution in [0.15, 0.2) is 42.5 Å². The summed E-state index contributed by atoms with van der Waals surface area (Å²) in [6, 6.07) is 12.8. The van der Waals surface area contributed by atoms with Crippen molar-refractivity contribution in [3.63, 3.8) is 0 Å². The van der Waals surface area contributed by atoms with Gasteiger partial charge in [0.25, 0.3) is 5.91 Å². The Morgan fingerprint density at radius 2 is 1.76 bits per heavy atom. The number of methoxy groups -OCH3 is 1. The lowest BCUT2D eigenvalue weighted by Gasteiger charge is -2.13. The smallest absolute Gasteiger partial charge is 0.251 e. The zero-order chi connectivity index (χ0) is 18.4. The largest absolute Gasteiger partial charge is 0.496 e. The van der Waals surface area contributed by atoms with E-state index in [0.29, 0.717) is 23.7 Å². The van der Waals surface area contributed by atoms with Gasteiger partial charge in [-0.05, 0) is 41.8 Å². The van der Waals surface area contributed by atoms with Gasteiger partial charge in [0.15, 0.2) is 0 Å². The average Bonchev–Trinajstić information content (AvgIpc) is 2.59. The summed E-state index contributed by atoms with van der Waals surface area (Å²) in [6.07, 6.45) is 0. The van der Waals surface area contributed by atoms with Gasteiger partial charge in [-0.3, -0.25) is 9.59 Å². The third-order valence-electron chi connectivity index (χ3n) is 3.88. The fourth-order valence-electron chi connectivity index (χ4n) is 2.48. The molecule has 5 heteroatoms. The van der Waals surface area contributed by atoms with Crippen LogP contribution in [0.1, 0.15) is 48.2 Å². The van der Waals surface area contributed by atoms with E-state index < -0.39 is 0 Å². The van der Waals surface area contributed by atoms with Gasteiger partial charge in [0.1, 0.15) is 5.75 Å². The number of amides is 2. The van der Waals surface area contributed by atoms with Gasteiger partial charge >= 0.3 is 0 Å². The van der Waals surface area contributed by atoms with Crippen LogP contribution in [-0.2, 0) is 11.3 Å². The summed E-state index contributed by atoms with van der Waals surface area (Å²) in [4.78, 5) is 23.4. The van der Waals surface area contributed by atoms with E-state index in [0.717, 1.165) is 11.3 Å². The molecule has 0 bridgehead atoms. The molecule has 0 atom stereocenters. The second-order valence-corrected chi connectivity index (χ2v) is 6.17. The zero-order valence-corrected chi connectivity index (χ0v) is 15.1. The number of rotatable bonds is 6. The third-order valence-corrected chi connectivity index (χ3v) is 3.88. The Bertz CT molecular complexity index is 752. The van der Waals surface area contributed by atoms with Crippen LogP contribution in [0.5, 0.6) is 5.75 Å². The Kier molecular flexibility index (Phi) is 6.17. The molecule has 0 saturated carbocycles. The van der Waals surface area contributed by atoms with Crippen LogP contribution in [0.3, 0.4) is 0 Å². The van der Waals surface area contributed by atoms with Crippen molar-refractivity contribution >= 4 is 17.5 Å². The first kappa shape index (κ1) is 18.5. The predicted molar refractivity (Wildman–Crippen MR) is 99.0 cm³/mol. The summed E-state index contributed by atoms with van der Waals surface area (Å²) in [6.45, 7) is 6.08. The molecule has 0 saturated heterocycles. The molecule has 2 rings (SSSR count). The Morgan fingerprint density at radius 1 is 1.08 bits per heavy atom. The van der Waals surface area contributed by atoms with Crippen molar-refractivity contribution in [1.29, 1.82) is 0 Å². The zero-order valence-electron chi connectivity index (χ0n) is 15.1. The molecule has 0 aromatic heterocycles. The highest BCUT2D eigenvalue weighted by Gasteiger charge is 2.10. The van der Waals surface area contributed by atoms with E-state index in [4.69, 9.17) is 4.74 Å². The van der Waals surface area contributed by atoms with Gasteiger partial charge in [-0.15, -0.1) is 0 Å². The number of carbonyl (C=O) groups is 2. The number of nitrogens with one attached hydrogen (secondary N) is 2. The van der Waals surface area contributed by atoms with E-state index in [1.807, 2.05) is 12.1 Å². The second-order valence-electron chi connectivity index (χ2n) is 6.17. The lowest BCUT2D eigenvalue weighted by molar-refractivity contribution is -0.114. The van der Waals surface area contributed by atoms with Crippen LogP contribution in [0.2, 0.25) is 0 Å². The molecular formula is C20H24N2O3. The van der Waals surface area contributed by atoms with Gasteiger partial charge < -0.3 is 15.4 Å². The maximum Gasteiger partial charge on any atom is 0.251 e. The van der Waals surface area contributed by atoms with Crippen LogP contribution in [-0.4, -0.2) is 18.9 Å². The molecule has 2 aromatic rings. The maximum absolute atomic E-state index is 12.3. The fourth-order valence-corrected chi connectivity index (χ4v) is 2.48. The number of anilines is 1. The molecule has 0 unspecified atom stereocenters. The lowest BCUT2D eigenvalue weighted by atomic mass is 10.00. The molecule has 25 heavy (non-hydrogen) atoms. The summed E-state index contributed by atoms with van der Waals surface area (Å²) < 4.78 is 5.38. The number of carbonyl (C=O) groups excluding carboxylic acids is 2. The minimum absolute atomic E-state index is 0.144. The Morgan fingerprint density at radius 3 is 2.32 bits per heavy atom. The molecule has 0 heterocycles. The van der Waals surface area contributed by atoms with Gasteiger partial charge in [0, 0.05) is 30.3 Å². The normalized spacial score (nSPS) is 10.4. The number of ether oxygens (including phenoxy) is 1. The number of hydrogen-bond acceptors (Lipinski definition) is 3. The van der Waals surface area contributed by atoms with Crippen LogP contribution >= 0.6 is 0 Å². The highest BCUT2D eigenvalue weighted by Crippen LogP contribution is 2.24. The van der Waals surface area contributed by atoms with Gasteiger partial charge in [0.2, 0.25) is 5.91 Å². The van der Waals surface area contributed by atoms with E-state index in [1.165, 1.54) is 12.5 Å². The Hall–Kier alpha value is -2.82. The highest BCUT2D eigenvalue weighted by molar-refractivity contribution is 5.95. The first-order valence-electron chi connectivity index (χ1n) is 8.23. The molecule has 0 radical (unpaired) electrons. The van der Waals surface area contributed by atoms with Crippen molar-refractivity contribution in [3.8, 4) is 5.75 Å². The van der Waals surface area contributed by atoms with Gasteiger partial charge in [0.05, 0.1) is 7.11 Å². The molecule has 2 amide bonds. The maximum atomic E-state index is 12.3. The molecule has 132 valence electrons. The van der Waals surface area contributed by atoms with E-state index in [9.17, 15) is 9.59 Å². The van der Waals surface area contributed by atoms with Crippen LogP contribution in [0.4, 0.5) is 5.69 Å². The SMILES string of the molecule is COc1ccc(C(C)C)cc1CNC(=O)c1ccc(NC(C)=O)cc1. The quantitative estimate of drug-likeness (QED) is 0.842. The molecule has 2 aromatic carbocycles. The van der Waals surface area contributed by atoms with Crippen molar-refractivity contribution in [2.24, 2.45) is 0 Å². The van der Waals surface area contributed by atoms with Gasteiger partial charge in [-0.2, -0.15) is 0 Å². The van der Waals surface area contributed by atoms with Crippen molar-refractivity contribution < 1.29 is 14.3 Å². The molecule has 5 nitrogen and oxygen atoms in total. The molecule has 0 fully saturated rings. The third kappa shape index (κ3) is 5.08. The van der Waals surface area contributed by atoms with E-state index in [-0.39, 0.29) is 11.8 Å². The summed E-state index contributed by atoms with van der Waals surface area (Å²) >= 11 is 0. The standard InChI is InChI=1S/C20H24N2O3/c1-13(2)16-7-10-19(25-4)17(11-16)12-21-20(24)15-5-8-18(9-6-15)22-14(3)23/h5-11,13H,12H2,1-4H3,(H,21,24)(H,22,23). The minimum atomic E-state index is -0.175. The summed E-state index contributed by atoms with van der Waals surface area (Å²) in [5.41, 5.74) is 3.34. The predicted octanol–water partition coefficient (Wildman–Crippen LogP) is 3.71. The lowest BCUT2D eigenvalue weighted by Crippen LogP contribution is -2.23. The molecule has 2 N–H and O–H groups in total. The minimum Gasteiger partial charge on any atom is -0.496 e. The summed E-state index contributed by atoms with van der Waals surface area (Å²) in [5.74, 6) is 0.841. The van der Waals surface area contributed by atoms with Crippen molar-refractivity contribution in [2.75, 3.05) is 12.4 Å². The van der Waals surface area contributed by atoms with E-state index in [1.54, 1.807) is 31.4 Å². The molecule has 0 aliphatic carbocycles. The van der Waals surface area contributed by atoms with Crippen LogP contribution in [0.25, 0.3) is 0 Å². The summed E-state index contributed by atoms with van der Waals surface area (Å²) in [7, 11) is 1.62. The van der Waals surface area contributed by atoms with Gasteiger partial charge in [-0.1, -0.05) is 26.0 Å². The monoisotopic (exact) mass is 340 g/mol. The second kappa shape index (κ2) is 8.33. The van der Waals surface area contributed by atoms with Gasteiger partial charge in [-0.25, -0.2) is 0 Å². The Labute approximate surface area is 148 Å². The van der Waals surface area contributed by atoms with Crippen molar-refractivity contribution in [2.45, 2.75) is 33.2 Å². The van der Waals surface area contributed by atoms with E-state index >= 15 is 0 Å². The molecule has 0 spiro atoms. The number of benzene rings is 2. The van der Waals surface area contributed by atoms with Crippen LogP contribution in [0, 0.1) is 0 Å². The topological polar surface area (TPSA) is 67.4 Å². The van der Waals surface area contributed by atoms with Crippen LogP contribution < -0.4 is 15.4 Å². The van der Waals surface area contributed by atoms with Crippen molar-refractivity contribution in [1.82, 2.24) is 5.32 Å². The van der Waals surface area contributed by atoms with E-state index in [2.05, 4.69) is 30.5 Å².